The summed E-state index contributed by atoms with van der Waals surface area (Å²) in [4.78, 5) is 19.5. The molecule has 0 bridgehead atoms. The molecule has 24 heavy (non-hydrogen) atoms. The Kier molecular flexibility index (Phi) is 5.55. The van der Waals surface area contributed by atoms with Crippen molar-refractivity contribution >= 4 is 46.7 Å². The third kappa shape index (κ3) is 4.39. The zero-order chi connectivity index (χ0) is 16.8. The van der Waals surface area contributed by atoms with Crippen molar-refractivity contribution in [2.24, 2.45) is 5.10 Å². The van der Waals surface area contributed by atoms with E-state index in [9.17, 15) is 4.79 Å². The first-order valence-electron chi connectivity index (χ1n) is 7.33. The normalized spacial score (nSPS) is 11.2. The van der Waals surface area contributed by atoms with Gasteiger partial charge in [-0.3, -0.25) is 4.79 Å². The average Bonchev–Trinajstić information content (AvgIpc) is 3.03. The number of hydrogen-bond donors (Lipinski definition) is 2. The highest BCUT2D eigenvalue weighted by atomic mass is 32.2. The number of nitrogens with one attached hydrogen (secondary N) is 3. The van der Waals surface area contributed by atoms with E-state index >= 15 is 0 Å². The molecule has 0 unspecified atom stereocenters. The average molecular weight is 357 g/mol. The highest BCUT2D eigenvalue weighted by molar-refractivity contribution is 7.99. The summed E-state index contributed by atoms with van der Waals surface area (Å²) >= 11 is 3.09. The molecule has 0 radical (unpaired) electrons. The Morgan fingerprint density at radius 1 is 1.25 bits per heavy atom. The van der Waals surface area contributed by atoms with Gasteiger partial charge in [-0.25, -0.2) is 15.4 Å². The van der Waals surface area contributed by atoms with Gasteiger partial charge >= 0.3 is 5.16 Å². The number of carbonyl (C=O) groups excluding carboxylic acids is 1. The van der Waals surface area contributed by atoms with Crippen molar-refractivity contribution < 1.29 is 9.78 Å². The number of hydrogen-bond acceptors (Lipinski definition) is 4. The van der Waals surface area contributed by atoms with Crippen molar-refractivity contribution in [3.63, 3.8) is 0 Å². The van der Waals surface area contributed by atoms with Gasteiger partial charge in [0.1, 0.15) is 0 Å². The number of H-pyrrole nitrogens is 2. The van der Waals surface area contributed by atoms with E-state index in [1.807, 2.05) is 54.8 Å². The van der Waals surface area contributed by atoms with Crippen molar-refractivity contribution in [3.8, 4) is 0 Å². The molecule has 3 aromatic rings. The Balaban J connectivity index is 1.49. The van der Waals surface area contributed by atoms with Crippen LogP contribution in [0.25, 0.3) is 11.0 Å². The lowest BCUT2D eigenvalue weighted by molar-refractivity contribution is -0.396. The number of amides is 1. The molecular formula is C17H17N4OS2+. The molecule has 3 N–H and O–H groups in total. The molecule has 122 valence electrons. The van der Waals surface area contributed by atoms with E-state index in [0.717, 1.165) is 21.8 Å². The lowest BCUT2D eigenvalue weighted by Gasteiger charge is -1.98. The minimum atomic E-state index is -0.149. The minimum absolute atomic E-state index is 0.149. The third-order valence-corrected chi connectivity index (χ3v) is 4.93. The molecule has 5 nitrogen and oxygen atoms in total. The van der Waals surface area contributed by atoms with E-state index < -0.39 is 0 Å². The molecule has 0 aliphatic carbocycles. The number of aromatic nitrogens is 2. The van der Waals surface area contributed by atoms with Crippen LogP contribution in [-0.4, -0.2) is 29.1 Å². The number of imidazole rings is 1. The molecular weight excluding hydrogens is 340 g/mol. The van der Waals surface area contributed by atoms with E-state index in [0.29, 0.717) is 0 Å². The number of rotatable bonds is 6. The van der Waals surface area contributed by atoms with Gasteiger partial charge in [-0.1, -0.05) is 24.3 Å². The molecule has 3 rings (SSSR count). The summed E-state index contributed by atoms with van der Waals surface area (Å²) < 4.78 is 0. The highest BCUT2D eigenvalue weighted by Crippen LogP contribution is 2.15. The number of aromatic amines is 2. The summed E-state index contributed by atoms with van der Waals surface area (Å²) in [7, 11) is 0. The second kappa shape index (κ2) is 8.03. The van der Waals surface area contributed by atoms with Gasteiger partial charge < -0.3 is 0 Å². The van der Waals surface area contributed by atoms with Crippen LogP contribution in [0.4, 0.5) is 0 Å². The number of hydrazone groups is 1. The first kappa shape index (κ1) is 16.6. The largest absolute Gasteiger partial charge is 0.315 e. The van der Waals surface area contributed by atoms with E-state index in [1.165, 1.54) is 16.7 Å². The Bertz CT molecular complexity index is 825. The Morgan fingerprint density at radius 2 is 2.04 bits per heavy atom. The fourth-order valence-corrected chi connectivity index (χ4v) is 3.20. The molecule has 0 spiro atoms. The topological polar surface area (TPSA) is 71.4 Å². The van der Waals surface area contributed by atoms with E-state index in [4.69, 9.17) is 0 Å². The fourth-order valence-electron chi connectivity index (χ4n) is 2.09. The van der Waals surface area contributed by atoms with Gasteiger partial charge in [0.25, 0.3) is 5.91 Å². The number of benzene rings is 2. The summed E-state index contributed by atoms with van der Waals surface area (Å²) in [6, 6.07) is 15.9. The van der Waals surface area contributed by atoms with Crippen LogP contribution in [0.5, 0.6) is 0 Å². The second-order valence-electron chi connectivity index (χ2n) is 4.98. The summed E-state index contributed by atoms with van der Waals surface area (Å²) in [6.45, 7) is 0. The summed E-state index contributed by atoms with van der Waals surface area (Å²) in [5.74, 6) is 0.135. The van der Waals surface area contributed by atoms with Gasteiger partial charge in [0, 0.05) is 4.90 Å². The van der Waals surface area contributed by atoms with E-state index in [2.05, 4.69) is 20.5 Å². The lowest BCUT2D eigenvalue weighted by Crippen LogP contribution is -2.20. The van der Waals surface area contributed by atoms with Gasteiger partial charge in [0.2, 0.25) is 0 Å². The van der Waals surface area contributed by atoms with Gasteiger partial charge in [-0.05, 0) is 47.8 Å². The number of thioether (sulfide) groups is 2. The fraction of sp³-hybridized carbons (Fsp3) is 0.118. The first-order valence-corrected chi connectivity index (χ1v) is 9.54. The van der Waals surface area contributed by atoms with Crippen LogP contribution in [0.15, 0.2) is 63.7 Å². The highest BCUT2D eigenvalue weighted by Gasteiger charge is 2.11. The predicted octanol–water partition coefficient (Wildman–Crippen LogP) is 2.95. The first-order chi connectivity index (χ1) is 11.7. The molecule has 0 atom stereocenters. The van der Waals surface area contributed by atoms with Crippen LogP contribution >= 0.6 is 23.5 Å². The molecule has 1 aromatic heterocycles. The zero-order valence-electron chi connectivity index (χ0n) is 13.1. The quantitative estimate of drug-likeness (QED) is 0.405. The predicted molar refractivity (Wildman–Crippen MR) is 99.5 cm³/mol. The molecule has 0 saturated heterocycles. The molecule has 7 heteroatoms. The van der Waals surface area contributed by atoms with Crippen LogP contribution in [0.2, 0.25) is 0 Å². The van der Waals surface area contributed by atoms with Crippen molar-refractivity contribution in [3.05, 3.63) is 54.1 Å². The van der Waals surface area contributed by atoms with Crippen LogP contribution in [0.3, 0.4) is 0 Å². The number of carbonyl (C=O) groups is 1. The maximum atomic E-state index is 11.8. The van der Waals surface area contributed by atoms with Crippen LogP contribution in [0, 0.1) is 0 Å². The zero-order valence-corrected chi connectivity index (χ0v) is 14.7. The summed E-state index contributed by atoms with van der Waals surface area (Å²) in [6.07, 6.45) is 3.67. The van der Waals surface area contributed by atoms with Gasteiger partial charge in [0.15, 0.2) is 11.0 Å². The van der Waals surface area contributed by atoms with Crippen molar-refractivity contribution in [1.29, 1.82) is 0 Å². The smallest absolute Gasteiger partial charge is 0.272 e. The molecule has 2 aromatic carbocycles. The van der Waals surface area contributed by atoms with E-state index in [-0.39, 0.29) is 11.7 Å². The monoisotopic (exact) mass is 357 g/mol. The van der Waals surface area contributed by atoms with Crippen molar-refractivity contribution in [1.82, 2.24) is 10.4 Å². The Morgan fingerprint density at radius 3 is 2.79 bits per heavy atom. The third-order valence-electron chi connectivity index (χ3n) is 3.29. The van der Waals surface area contributed by atoms with Gasteiger partial charge in [0.05, 0.1) is 12.0 Å². The van der Waals surface area contributed by atoms with Crippen LogP contribution in [-0.2, 0) is 4.79 Å². The maximum Gasteiger partial charge on any atom is 0.315 e. The number of fused-ring (bicyclic) bond motifs is 1. The van der Waals surface area contributed by atoms with Gasteiger partial charge in [-0.15, -0.1) is 11.8 Å². The standard InChI is InChI=1S/C17H16N4OS2/c1-23-13-8-6-12(7-9-13)10-18-21-16(22)11-24-17-19-14-4-2-3-5-15(14)20-17/h2-10H,11H2,1H3,(H,19,20)(H,21,22)/p+1. The maximum absolute atomic E-state index is 11.8. The molecule has 1 heterocycles. The van der Waals surface area contributed by atoms with Crippen LogP contribution < -0.4 is 10.4 Å². The van der Waals surface area contributed by atoms with Gasteiger partial charge in [-0.2, -0.15) is 5.10 Å². The lowest BCUT2D eigenvalue weighted by atomic mass is 10.2. The summed E-state index contributed by atoms with van der Waals surface area (Å²) in [5.41, 5.74) is 5.53. The van der Waals surface area contributed by atoms with Crippen molar-refractivity contribution in [2.45, 2.75) is 10.1 Å². The van der Waals surface area contributed by atoms with Crippen LogP contribution in [0.1, 0.15) is 5.56 Å². The molecule has 0 aliphatic heterocycles. The summed E-state index contributed by atoms with van der Waals surface area (Å²) in [5, 5.41) is 4.84. The van der Waals surface area contributed by atoms with E-state index in [1.54, 1.807) is 18.0 Å². The molecule has 0 aliphatic rings. The number of nitrogens with zero attached hydrogens (tertiary/aromatic N) is 1. The SMILES string of the molecule is CSc1ccc(C=NNC(=O)CSc2[nH]c3ccccc3[nH+]2)cc1. The molecule has 0 saturated carbocycles. The second-order valence-corrected chi connectivity index (χ2v) is 6.84. The van der Waals surface area contributed by atoms with Crippen molar-refractivity contribution in [2.75, 3.05) is 12.0 Å². The molecule has 0 fully saturated rings. The Labute approximate surface area is 148 Å². The Hall–Kier alpha value is -2.25. The minimum Gasteiger partial charge on any atom is -0.272 e. The molecule has 1 amide bonds. The number of para-hydroxylation sites is 2.